The van der Waals surface area contributed by atoms with Crippen molar-refractivity contribution >= 4 is 27.3 Å². The minimum absolute atomic E-state index is 0.0277. The third-order valence-corrected chi connectivity index (χ3v) is 6.42. The summed E-state index contributed by atoms with van der Waals surface area (Å²) in [6, 6.07) is 6.00. The Labute approximate surface area is 164 Å². The Morgan fingerprint density at radius 2 is 1.69 bits per heavy atom. The zero-order valence-electron chi connectivity index (χ0n) is 14.9. The number of piperazine rings is 1. The van der Waals surface area contributed by atoms with Crippen molar-refractivity contribution in [3.63, 3.8) is 0 Å². The predicted molar refractivity (Wildman–Crippen MR) is 98.5 cm³/mol. The van der Waals surface area contributed by atoms with Crippen LogP contribution in [-0.4, -0.2) is 54.6 Å². The monoisotopic (exact) mass is 426 g/mol. The van der Waals surface area contributed by atoms with E-state index in [1.54, 1.807) is 0 Å². The normalized spacial score (nSPS) is 15.3. The Morgan fingerprint density at radius 1 is 1.03 bits per heavy atom. The molecule has 0 aromatic heterocycles. The molecule has 2 aromatic rings. The molecule has 1 aliphatic rings. The van der Waals surface area contributed by atoms with Crippen molar-refractivity contribution in [3.8, 4) is 0 Å². The molecule has 0 radical (unpaired) electrons. The van der Waals surface area contributed by atoms with E-state index in [2.05, 4.69) is 0 Å². The van der Waals surface area contributed by atoms with Crippen LogP contribution >= 0.6 is 0 Å². The Bertz CT molecular complexity index is 1090. The number of hydrogen-bond acceptors (Lipinski definition) is 6. The first-order chi connectivity index (χ1) is 13.6. The molecule has 0 unspecified atom stereocenters. The average molecular weight is 426 g/mol. The number of hydrogen-bond donors (Lipinski definition) is 1. The van der Waals surface area contributed by atoms with Gasteiger partial charge in [-0.15, -0.1) is 0 Å². The standard InChI is InChI=1S/C17H16F2N4O5S/c18-13-3-2-12(10-14(13)19)29(27,28)22-7-5-21(6-8-22)17(24)11-1-4-15(20)16(9-11)23(25)26/h1-4,9-10H,5-8,20H2. The van der Waals surface area contributed by atoms with Gasteiger partial charge in [0.25, 0.3) is 11.6 Å². The fourth-order valence-electron chi connectivity index (χ4n) is 2.94. The SMILES string of the molecule is Nc1ccc(C(=O)N2CCN(S(=O)(=O)c3ccc(F)c(F)c3)CC2)cc1[N+](=O)[O-]. The molecular weight excluding hydrogens is 410 g/mol. The van der Waals surface area contributed by atoms with Crippen LogP contribution in [0, 0.1) is 21.7 Å². The highest BCUT2D eigenvalue weighted by molar-refractivity contribution is 7.89. The molecule has 1 fully saturated rings. The molecule has 154 valence electrons. The Morgan fingerprint density at radius 3 is 2.28 bits per heavy atom. The van der Waals surface area contributed by atoms with E-state index in [1.165, 1.54) is 17.0 Å². The van der Waals surface area contributed by atoms with E-state index >= 15 is 0 Å². The third-order valence-electron chi connectivity index (χ3n) is 4.53. The first-order valence-electron chi connectivity index (χ1n) is 8.39. The lowest BCUT2D eigenvalue weighted by molar-refractivity contribution is -0.383. The maximum Gasteiger partial charge on any atom is 0.292 e. The number of sulfonamides is 1. The first kappa shape index (κ1) is 20.6. The fourth-order valence-corrected chi connectivity index (χ4v) is 4.37. The topological polar surface area (TPSA) is 127 Å². The molecule has 2 N–H and O–H groups in total. The van der Waals surface area contributed by atoms with Crippen LogP contribution in [0.4, 0.5) is 20.2 Å². The fraction of sp³-hybridized carbons (Fsp3) is 0.235. The van der Waals surface area contributed by atoms with E-state index < -0.39 is 38.2 Å². The van der Waals surface area contributed by atoms with Crippen molar-refractivity contribution in [2.24, 2.45) is 0 Å². The molecule has 2 aromatic carbocycles. The Balaban J connectivity index is 1.73. The van der Waals surface area contributed by atoms with E-state index in [4.69, 9.17) is 5.73 Å². The molecule has 0 spiro atoms. The number of nitrogen functional groups attached to an aromatic ring is 1. The number of carbonyl (C=O) groups is 1. The first-order valence-corrected chi connectivity index (χ1v) is 9.83. The molecule has 0 saturated carbocycles. The minimum Gasteiger partial charge on any atom is -0.393 e. The Hall–Kier alpha value is -3.12. The van der Waals surface area contributed by atoms with Crippen molar-refractivity contribution in [2.45, 2.75) is 4.90 Å². The highest BCUT2D eigenvalue weighted by Gasteiger charge is 2.31. The van der Waals surface area contributed by atoms with Crippen LogP contribution in [0.1, 0.15) is 10.4 Å². The van der Waals surface area contributed by atoms with Gasteiger partial charge in [-0.3, -0.25) is 14.9 Å². The number of nitro groups is 1. The van der Waals surface area contributed by atoms with Crippen LogP contribution in [0.15, 0.2) is 41.3 Å². The molecule has 0 atom stereocenters. The second kappa shape index (κ2) is 7.72. The molecule has 1 heterocycles. The van der Waals surface area contributed by atoms with E-state index in [1.807, 2.05) is 0 Å². The summed E-state index contributed by atoms with van der Waals surface area (Å²) in [5, 5.41) is 11.0. The molecule has 0 aliphatic carbocycles. The van der Waals surface area contributed by atoms with Crippen LogP contribution in [-0.2, 0) is 10.0 Å². The highest BCUT2D eigenvalue weighted by Crippen LogP contribution is 2.24. The molecular formula is C17H16F2N4O5S. The van der Waals surface area contributed by atoms with E-state index in [0.717, 1.165) is 22.5 Å². The van der Waals surface area contributed by atoms with Gasteiger partial charge in [-0.1, -0.05) is 0 Å². The number of anilines is 1. The zero-order chi connectivity index (χ0) is 21.3. The number of nitrogens with zero attached hydrogens (tertiary/aromatic N) is 3. The molecule has 1 aliphatic heterocycles. The quantitative estimate of drug-likeness (QED) is 0.450. The smallest absolute Gasteiger partial charge is 0.292 e. The largest absolute Gasteiger partial charge is 0.393 e. The van der Waals surface area contributed by atoms with Gasteiger partial charge in [0.15, 0.2) is 11.6 Å². The number of carbonyl (C=O) groups excluding carboxylic acids is 1. The molecule has 3 rings (SSSR count). The van der Waals surface area contributed by atoms with Gasteiger partial charge in [0, 0.05) is 37.8 Å². The molecule has 1 saturated heterocycles. The summed E-state index contributed by atoms with van der Waals surface area (Å²) in [5.74, 6) is -2.93. The van der Waals surface area contributed by atoms with Crippen LogP contribution in [0.5, 0.6) is 0 Å². The van der Waals surface area contributed by atoms with Crippen molar-refractivity contribution < 1.29 is 26.9 Å². The van der Waals surface area contributed by atoms with Gasteiger partial charge in [0.1, 0.15) is 5.69 Å². The highest BCUT2D eigenvalue weighted by atomic mass is 32.2. The maximum absolute atomic E-state index is 13.4. The third kappa shape index (κ3) is 4.03. The van der Waals surface area contributed by atoms with Crippen molar-refractivity contribution in [1.29, 1.82) is 0 Å². The van der Waals surface area contributed by atoms with Crippen LogP contribution < -0.4 is 5.73 Å². The summed E-state index contributed by atoms with van der Waals surface area (Å²) in [4.78, 5) is 23.9. The zero-order valence-corrected chi connectivity index (χ0v) is 15.7. The van der Waals surface area contributed by atoms with Gasteiger partial charge in [-0.25, -0.2) is 17.2 Å². The minimum atomic E-state index is -4.06. The summed E-state index contributed by atoms with van der Waals surface area (Å²) < 4.78 is 52.7. The number of amides is 1. The summed E-state index contributed by atoms with van der Waals surface area (Å²) in [6.07, 6.45) is 0. The number of nitrogens with two attached hydrogens (primary N) is 1. The second-order valence-corrected chi connectivity index (χ2v) is 8.24. The predicted octanol–water partition coefficient (Wildman–Crippen LogP) is 1.60. The lowest BCUT2D eigenvalue weighted by Gasteiger charge is -2.34. The summed E-state index contributed by atoms with van der Waals surface area (Å²) >= 11 is 0. The van der Waals surface area contributed by atoms with Gasteiger partial charge >= 0.3 is 0 Å². The van der Waals surface area contributed by atoms with Gasteiger partial charge < -0.3 is 10.6 Å². The molecule has 12 heteroatoms. The number of benzene rings is 2. The number of halogens is 2. The molecule has 29 heavy (non-hydrogen) atoms. The Kier molecular flexibility index (Phi) is 5.48. The number of rotatable bonds is 4. The van der Waals surface area contributed by atoms with Crippen molar-refractivity contribution in [3.05, 3.63) is 63.7 Å². The van der Waals surface area contributed by atoms with E-state index in [9.17, 15) is 32.1 Å². The molecule has 9 nitrogen and oxygen atoms in total. The number of nitro benzene ring substituents is 1. The van der Waals surface area contributed by atoms with Gasteiger partial charge in [0.2, 0.25) is 10.0 Å². The summed E-state index contributed by atoms with van der Waals surface area (Å²) in [6.45, 7) is -0.0753. The van der Waals surface area contributed by atoms with E-state index in [-0.39, 0.29) is 42.3 Å². The van der Waals surface area contributed by atoms with E-state index in [0.29, 0.717) is 6.07 Å². The molecule has 1 amide bonds. The van der Waals surface area contributed by atoms with Crippen molar-refractivity contribution in [1.82, 2.24) is 9.21 Å². The summed E-state index contributed by atoms with van der Waals surface area (Å²) in [7, 11) is -4.06. The van der Waals surface area contributed by atoms with Crippen LogP contribution in [0.25, 0.3) is 0 Å². The molecule has 0 bridgehead atoms. The van der Waals surface area contributed by atoms with Crippen LogP contribution in [0.2, 0.25) is 0 Å². The van der Waals surface area contributed by atoms with Crippen molar-refractivity contribution in [2.75, 3.05) is 31.9 Å². The lowest BCUT2D eigenvalue weighted by atomic mass is 10.1. The average Bonchev–Trinajstić information content (AvgIpc) is 2.69. The van der Waals surface area contributed by atoms with Gasteiger partial charge in [0.05, 0.1) is 9.82 Å². The lowest BCUT2D eigenvalue weighted by Crippen LogP contribution is -2.50. The van der Waals surface area contributed by atoms with Crippen LogP contribution in [0.3, 0.4) is 0 Å². The van der Waals surface area contributed by atoms with Gasteiger partial charge in [-0.2, -0.15) is 4.31 Å². The second-order valence-electron chi connectivity index (χ2n) is 6.30. The van der Waals surface area contributed by atoms with Gasteiger partial charge in [-0.05, 0) is 30.3 Å². The maximum atomic E-state index is 13.4. The summed E-state index contributed by atoms with van der Waals surface area (Å²) in [5.41, 5.74) is 5.11.